The van der Waals surface area contributed by atoms with Crippen molar-refractivity contribution >= 4 is 11.8 Å². The standard InChI is InChI=1S/C26H27FN2O3/c1-2-32-23-16-12-20(13-17-23)25(19-7-4-3-5-8-19)29-24(30)9-6-18-28-26(31)21-10-14-22(27)15-11-21/h3-5,7-8,10-17,25H,2,6,9,18H2,1H3,(H,28,31)(H,29,30). The fourth-order valence-electron chi connectivity index (χ4n) is 3.32. The first kappa shape index (κ1) is 23.0. The van der Waals surface area contributed by atoms with Crippen molar-refractivity contribution in [3.8, 4) is 5.75 Å². The molecule has 3 rings (SSSR count). The first-order valence-corrected chi connectivity index (χ1v) is 10.7. The number of rotatable bonds is 10. The Labute approximate surface area is 187 Å². The van der Waals surface area contributed by atoms with Crippen LogP contribution in [0.1, 0.15) is 47.3 Å². The number of benzene rings is 3. The van der Waals surface area contributed by atoms with E-state index in [9.17, 15) is 14.0 Å². The summed E-state index contributed by atoms with van der Waals surface area (Å²) in [5.74, 6) is -0.00395. The lowest BCUT2D eigenvalue weighted by Gasteiger charge is -2.20. The van der Waals surface area contributed by atoms with Gasteiger partial charge in [0.25, 0.3) is 5.91 Å². The third kappa shape index (κ3) is 6.67. The Bertz CT molecular complexity index is 1010. The van der Waals surface area contributed by atoms with Crippen LogP contribution in [0.25, 0.3) is 0 Å². The number of ether oxygens (including phenoxy) is 1. The van der Waals surface area contributed by atoms with Crippen molar-refractivity contribution in [2.75, 3.05) is 13.2 Å². The van der Waals surface area contributed by atoms with Gasteiger partial charge in [-0.2, -0.15) is 0 Å². The Kier molecular flexibility index (Phi) is 8.37. The number of nitrogens with one attached hydrogen (secondary N) is 2. The van der Waals surface area contributed by atoms with E-state index in [-0.39, 0.29) is 24.3 Å². The molecule has 1 unspecified atom stereocenters. The summed E-state index contributed by atoms with van der Waals surface area (Å²) in [7, 11) is 0. The number of halogens is 1. The summed E-state index contributed by atoms with van der Waals surface area (Å²) < 4.78 is 18.5. The van der Waals surface area contributed by atoms with Crippen LogP contribution in [0.15, 0.2) is 78.9 Å². The quantitative estimate of drug-likeness (QED) is 0.457. The molecule has 2 amide bonds. The van der Waals surface area contributed by atoms with E-state index in [1.807, 2.05) is 61.5 Å². The Balaban J connectivity index is 1.55. The monoisotopic (exact) mass is 434 g/mol. The first-order chi connectivity index (χ1) is 15.6. The van der Waals surface area contributed by atoms with Gasteiger partial charge in [0.05, 0.1) is 12.6 Å². The van der Waals surface area contributed by atoms with Crippen LogP contribution >= 0.6 is 0 Å². The van der Waals surface area contributed by atoms with E-state index in [0.717, 1.165) is 16.9 Å². The Hall–Kier alpha value is -3.67. The zero-order valence-corrected chi connectivity index (χ0v) is 18.0. The van der Waals surface area contributed by atoms with Gasteiger partial charge in [0.2, 0.25) is 5.91 Å². The molecule has 0 aliphatic heterocycles. The number of hydrogen-bond acceptors (Lipinski definition) is 3. The molecule has 0 spiro atoms. The lowest BCUT2D eigenvalue weighted by molar-refractivity contribution is -0.121. The third-order valence-corrected chi connectivity index (χ3v) is 4.94. The van der Waals surface area contributed by atoms with Crippen molar-refractivity contribution in [2.45, 2.75) is 25.8 Å². The van der Waals surface area contributed by atoms with Gasteiger partial charge in [-0.25, -0.2) is 4.39 Å². The first-order valence-electron chi connectivity index (χ1n) is 10.7. The molecule has 0 aliphatic rings. The second-order valence-corrected chi connectivity index (χ2v) is 7.28. The van der Waals surface area contributed by atoms with Crippen LogP contribution < -0.4 is 15.4 Å². The second kappa shape index (κ2) is 11.6. The highest BCUT2D eigenvalue weighted by molar-refractivity contribution is 5.94. The van der Waals surface area contributed by atoms with Crippen molar-refractivity contribution in [3.05, 3.63) is 101 Å². The van der Waals surface area contributed by atoms with E-state index in [2.05, 4.69) is 10.6 Å². The summed E-state index contributed by atoms with van der Waals surface area (Å²) in [5, 5.41) is 5.85. The second-order valence-electron chi connectivity index (χ2n) is 7.28. The average Bonchev–Trinajstić information content (AvgIpc) is 2.82. The normalized spacial score (nSPS) is 11.4. The molecule has 166 valence electrons. The van der Waals surface area contributed by atoms with Gasteiger partial charge in [-0.05, 0) is 60.9 Å². The molecule has 6 heteroatoms. The molecule has 32 heavy (non-hydrogen) atoms. The van der Waals surface area contributed by atoms with Crippen LogP contribution in [0.3, 0.4) is 0 Å². The largest absolute Gasteiger partial charge is 0.494 e. The van der Waals surface area contributed by atoms with Gasteiger partial charge < -0.3 is 15.4 Å². The van der Waals surface area contributed by atoms with Crippen LogP contribution in [0.4, 0.5) is 4.39 Å². The number of amides is 2. The third-order valence-electron chi connectivity index (χ3n) is 4.94. The van der Waals surface area contributed by atoms with Gasteiger partial charge in [0.15, 0.2) is 0 Å². The van der Waals surface area contributed by atoms with Gasteiger partial charge in [-0.15, -0.1) is 0 Å². The lowest BCUT2D eigenvalue weighted by Crippen LogP contribution is -2.30. The Morgan fingerprint density at radius 1 is 0.906 bits per heavy atom. The molecule has 0 saturated carbocycles. The minimum absolute atomic E-state index is 0.108. The molecule has 5 nitrogen and oxygen atoms in total. The Morgan fingerprint density at radius 2 is 1.56 bits per heavy atom. The molecule has 0 radical (unpaired) electrons. The summed E-state index contributed by atoms with van der Waals surface area (Å²) in [4.78, 5) is 24.7. The van der Waals surface area contributed by atoms with Crippen LogP contribution in [-0.2, 0) is 4.79 Å². The van der Waals surface area contributed by atoms with Crippen molar-refractivity contribution in [3.63, 3.8) is 0 Å². The molecular weight excluding hydrogens is 407 g/mol. The highest BCUT2D eigenvalue weighted by Gasteiger charge is 2.17. The van der Waals surface area contributed by atoms with Crippen LogP contribution in [0.2, 0.25) is 0 Å². The van der Waals surface area contributed by atoms with Gasteiger partial charge in [-0.1, -0.05) is 42.5 Å². The van der Waals surface area contributed by atoms with Crippen molar-refractivity contribution in [1.82, 2.24) is 10.6 Å². The predicted molar refractivity (Wildman–Crippen MR) is 122 cm³/mol. The van der Waals surface area contributed by atoms with Gasteiger partial charge in [0.1, 0.15) is 11.6 Å². The highest BCUT2D eigenvalue weighted by Crippen LogP contribution is 2.24. The summed E-state index contributed by atoms with van der Waals surface area (Å²) in [6.45, 7) is 2.88. The predicted octanol–water partition coefficient (Wildman–Crippen LogP) is 4.64. The maximum absolute atomic E-state index is 13.0. The number of carbonyl (C=O) groups excluding carboxylic acids is 2. The van der Waals surface area contributed by atoms with Crippen LogP contribution in [0, 0.1) is 5.82 Å². The average molecular weight is 435 g/mol. The van der Waals surface area contributed by atoms with Crippen LogP contribution in [0.5, 0.6) is 5.75 Å². The molecule has 3 aromatic rings. The van der Waals surface area contributed by atoms with E-state index in [1.165, 1.54) is 24.3 Å². The SMILES string of the molecule is CCOc1ccc(C(NC(=O)CCCNC(=O)c2ccc(F)cc2)c2ccccc2)cc1. The molecule has 0 saturated heterocycles. The minimum atomic E-state index is -0.390. The molecule has 0 heterocycles. The van der Waals surface area contributed by atoms with Crippen molar-refractivity contribution in [1.29, 1.82) is 0 Å². The maximum atomic E-state index is 13.0. The molecule has 0 aromatic heterocycles. The highest BCUT2D eigenvalue weighted by atomic mass is 19.1. The molecular formula is C26H27FN2O3. The zero-order valence-electron chi connectivity index (χ0n) is 18.0. The molecule has 3 aromatic carbocycles. The molecule has 0 bridgehead atoms. The van der Waals surface area contributed by atoms with Gasteiger partial charge in [-0.3, -0.25) is 9.59 Å². The minimum Gasteiger partial charge on any atom is -0.494 e. The van der Waals surface area contributed by atoms with Crippen LogP contribution in [-0.4, -0.2) is 25.0 Å². The number of hydrogen-bond donors (Lipinski definition) is 2. The summed E-state index contributed by atoms with van der Waals surface area (Å²) in [5.41, 5.74) is 2.32. The van der Waals surface area contributed by atoms with E-state index >= 15 is 0 Å². The zero-order chi connectivity index (χ0) is 22.8. The van der Waals surface area contributed by atoms with E-state index in [0.29, 0.717) is 25.1 Å². The van der Waals surface area contributed by atoms with Crippen molar-refractivity contribution < 1.29 is 18.7 Å². The van der Waals surface area contributed by atoms with E-state index < -0.39 is 5.82 Å². The lowest BCUT2D eigenvalue weighted by atomic mass is 9.98. The summed E-state index contributed by atoms with van der Waals surface area (Å²) in [6, 6.07) is 22.5. The summed E-state index contributed by atoms with van der Waals surface area (Å²) in [6.07, 6.45) is 0.758. The van der Waals surface area contributed by atoms with E-state index in [4.69, 9.17) is 4.74 Å². The fourth-order valence-corrected chi connectivity index (χ4v) is 3.32. The Morgan fingerprint density at radius 3 is 2.22 bits per heavy atom. The van der Waals surface area contributed by atoms with Crippen molar-refractivity contribution in [2.24, 2.45) is 0 Å². The topological polar surface area (TPSA) is 67.4 Å². The molecule has 0 fully saturated rings. The number of carbonyl (C=O) groups is 2. The molecule has 2 N–H and O–H groups in total. The fraction of sp³-hybridized carbons (Fsp3) is 0.231. The maximum Gasteiger partial charge on any atom is 0.251 e. The molecule has 1 atom stereocenters. The molecule has 0 aliphatic carbocycles. The van der Waals surface area contributed by atoms with Gasteiger partial charge in [0, 0.05) is 18.5 Å². The smallest absolute Gasteiger partial charge is 0.251 e. The van der Waals surface area contributed by atoms with Gasteiger partial charge >= 0.3 is 0 Å². The van der Waals surface area contributed by atoms with E-state index in [1.54, 1.807) is 0 Å². The summed E-state index contributed by atoms with van der Waals surface area (Å²) >= 11 is 0.